The Morgan fingerprint density at radius 3 is 2.35 bits per heavy atom. The van der Waals surface area contributed by atoms with E-state index in [0.29, 0.717) is 18.2 Å². The third-order valence-corrected chi connectivity index (χ3v) is 3.85. The van der Waals surface area contributed by atoms with Gasteiger partial charge < -0.3 is 19.5 Å². The number of hydrogen-bond acceptors (Lipinski definition) is 4. The molecule has 2 fully saturated rings. The van der Waals surface area contributed by atoms with Crippen LogP contribution in [-0.4, -0.2) is 50.7 Å². The summed E-state index contributed by atoms with van der Waals surface area (Å²) in [6.45, 7) is 5.69. The lowest BCUT2D eigenvalue weighted by molar-refractivity contribution is -0.138. The van der Waals surface area contributed by atoms with Crippen LogP contribution in [0.4, 0.5) is 0 Å². The van der Waals surface area contributed by atoms with Gasteiger partial charge in [-0.3, -0.25) is 0 Å². The van der Waals surface area contributed by atoms with E-state index in [0.717, 1.165) is 32.5 Å². The highest BCUT2D eigenvalue weighted by Gasteiger charge is 2.44. The van der Waals surface area contributed by atoms with Gasteiger partial charge in [0.25, 0.3) is 0 Å². The van der Waals surface area contributed by atoms with Crippen LogP contribution in [0.2, 0.25) is 0 Å². The van der Waals surface area contributed by atoms with E-state index in [1.165, 1.54) is 0 Å². The van der Waals surface area contributed by atoms with Crippen molar-refractivity contribution in [2.24, 2.45) is 0 Å². The van der Waals surface area contributed by atoms with Crippen molar-refractivity contribution in [3.63, 3.8) is 0 Å². The zero-order chi connectivity index (χ0) is 12.3. The minimum atomic E-state index is 0.223. The number of ether oxygens (including phenoxy) is 3. The molecule has 4 nitrogen and oxygen atoms in total. The number of nitrogens with one attached hydrogen (secondary N) is 1. The van der Waals surface area contributed by atoms with Crippen LogP contribution in [0.15, 0.2) is 0 Å². The molecule has 2 saturated carbocycles. The van der Waals surface area contributed by atoms with Gasteiger partial charge in [0, 0.05) is 32.4 Å². The highest BCUT2D eigenvalue weighted by Crippen LogP contribution is 2.31. The van der Waals surface area contributed by atoms with E-state index < -0.39 is 0 Å². The van der Waals surface area contributed by atoms with Gasteiger partial charge in [-0.1, -0.05) is 0 Å². The van der Waals surface area contributed by atoms with Crippen molar-refractivity contribution in [3.8, 4) is 0 Å². The average molecular weight is 243 g/mol. The first-order valence-corrected chi connectivity index (χ1v) is 6.80. The predicted molar refractivity (Wildman–Crippen MR) is 66.2 cm³/mol. The highest BCUT2D eigenvalue weighted by atomic mass is 16.5. The summed E-state index contributed by atoms with van der Waals surface area (Å²) >= 11 is 0. The zero-order valence-electron chi connectivity index (χ0n) is 11.1. The number of hydrogen-bond donors (Lipinski definition) is 1. The molecule has 17 heavy (non-hydrogen) atoms. The van der Waals surface area contributed by atoms with Crippen LogP contribution in [0.1, 0.15) is 33.1 Å². The van der Waals surface area contributed by atoms with Crippen LogP contribution in [0.5, 0.6) is 0 Å². The summed E-state index contributed by atoms with van der Waals surface area (Å²) in [6.07, 6.45) is 4.33. The SMILES string of the molecule is CCOC1CC(NC2CC(OCC)C2OC)C1. The Bertz CT molecular complexity index is 231. The quantitative estimate of drug-likeness (QED) is 0.732. The lowest BCUT2D eigenvalue weighted by Gasteiger charge is -2.47. The van der Waals surface area contributed by atoms with Crippen LogP contribution in [-0.2, 0) is 14.2 Å². The Hall–Kier alpha value is -0.160. The van der Waals surface area contributed by atoms with Gasteiger partial charge in [-0.05, 0) is 33.1 Å². The summed E-state index contributed by atoms with van der Waals surface area (Å²) < 4.78 is 16.7. The van der Waals surface area contributed by atoms with E-state index in [1.54, 1.807) is 7.11 Å². The van der Waals surface area contributed by atoms with Crippen molar-refractivity contribution >= 4 is 0 Å². The van der Waals surface area contributed by atoms with Gasteiger partial charge in [-0.25, -0.2) is 0 Å². The second kappa shape index (κ2) is 6.14. The Balaban J connectivity index is 1.64. The Kier molecular flexibility index (Phi) is 4.79. The first-order chi connectivity index (χ1) is 8.28. The van der Waals surface area contributed by atoms with E-state index in [4.69, 9.17) is 14.2 Å². The first kappa shape index (κ1) is 13.3. The van der Waals surface area contributed by atoms with E-state index in [-0.39, 0.29) is 12.2 Å². The van der Waals surface area contributed by atoms with Crippen molar-refractivity contribution in [1.29, 1.82) is 0 Å². The smallest absolute Gasteiger partial charge is 0.0986 e. The molecule has 3 atom stereocenters. The Labute approximate surface area is 104 Å². The van der Waals surface area contributed by atoms with Gasteiger partial charge in [0.05, 0.1) is 18.3 Å². The van der Waals surface area contributed by atoms with Crippen LogP contribution < -0.4 is 5.32 Å². The van der Waals surface area contributed by atoms with Crippen molar-refractivity contribution in [3.05, 3.63) is 0 Å². The molecule has 100 valence electrons. The molecular weight excluding hydrogens is 218 g/mol. The Morgan fingerprint density at radius 1 is 1.06 bits per heavy atom. The maximum Gasteiger partial charge on any atom is 0.0986 e. The third kappa shape index (κ3) is 2.99. The lowest BCUT2D eigenvalue weighted by Crippen LogP contribution is -2.63. The molecule has 0 bridgehead atoms. The highest BCUT2D eigenvalue weighted by molar-refractivity contribution is 5.00. The molecule has 0 aromatic carbocycles. The van der Waals surface area contributed by atoms with Gasteiger partial charge in [0.15, 0.2) is 0 Å². The fraction of sp³-hybridized carbons (Fsp3) is 1.00. The van der Waals surface area contributed by atoms with Crippen molar-refractivity contribution in [2.75, 3.05) is 20.3 Å². The summed E-state index contributed by atoms with van der Waals surface area (Å²) in [5, 5.41) is 3.65. The molecule has 0 aliphatic heterocycles. The van der Waals surface area contributed by atoms with Gasteiger partial charge in [0.1, 0.15) is 0 Å². The summed E-state index contributed by atoms with van der Waals surface area (Å²) in [5.41, 5.74) is 0. The van der Waals surface area contributed by atoms with Crippen LogP contribution in [0.25, 0.3) is 0 Å². The first-order valence-electron chi connectivity index (χ1n) is 6.80. The molecule has 0 radical (unpaired) electrons. The lowest BCUT2D eigenvalue weighted by atomic mass is 9.81. The maximum atomic E-state index is 5.61. The van der Waals surface area contributed by atoms with Crippen molar-refractivity contribution in [1.82, 2.24) is 5.32 Å². The van der Waals surface area contributed by atoms with Crippen molar-refractivity contribution < 1.29 is 14.2 Å². The summed E-state index contributed by atoms with van der Waals surface area (Å²) in [5.74, 6) is 0. The molecule has 1 N–H and O–H groups in total. The van der Waals surface area contributed by atoms with Gasteiger partial charge in [0.2, 0.25) is 0 Å². The number of methoxy groups -OCH3 is 1. The zero-order valence-corrected chi connectivity index (χ0v) is 11.1. The van der Waals surface area contributed by atoms with Crippen molar-refractivity contribution in [2.45, 2.75) is 63.5 Å². The van der Waals surface area contributed by atoms with Crippen LogP contribution in [0.3, 0.4) is 0 Å². The summed E-state index contributed by atoms with van der Waals surface area (Å²) in [6, 6.07) is 1.07. The fourth-order valence-electron chi connectivity index (χ4n) is 2.81. The molecule has 0 heterocycles. The monoisotopic (exact) mass is 243 g/mol. The van der Waals surface area contributed by atoms with E-state index in [1.807, 2.05) is 6.92 Å². The summed E-state index contributed by atoms with van der Waals surface area (Å²) in [7, 11) is 1.77. The molecule has 2 aliphatic carbocycles. The normalized spacial score (nSPS) is 40.8. The molecule has 0 aromatic heterocycles. The van der Waals surface area contributed by atoms with Gasteiger partial charge in [-0.2, -0.15) is 0 Å². The minimum Gasteiger partial charge on any atom is -0.378 e. The van der Waals surface area contributed by atoms with E-state index in [9.17, 15) is 0 Å². The van der Waals surface area contributed by atoms with Crippen LogP contribution >= 0.6 is 0 Å². The second-order valence-electron chi connectivity index (χ2n) is 4.95. The Morgan fingerprint density at radius 2 is 1.76 bits per heavy atom. The average Bonchev–Trinajstić information content (AvgIpc) is 2.24. The van der Waals surface area contributed by atoms with Gasteiger partial charge >= 0.3 is 0 Å². The standard InChI is InChI=1S/C13H25NO3/c1-4-16-10-6-9(7-10)14-11-8-12(17-5-2)13(11)15-3/h9-14H,4-8H2,1-3H3. The largest absolute Gasteiger partial charge is 0.378 e. The van der Waals surface area contributed by atoms with Gasteiger partial charge in [-0.15, -0.1) is 0 Å². The number of rotatable bonds is 7. The molecule has 0 aromatic rings. The third-order valence-electron chi connectivity index (χ3n) is 3.85. The second-order valence-corrected chi connectivity index (χ2v) is 4.95. The molecule has 0 spiro atoms. The minimum absolute atomic E-state index is 0.223. The molecule has 2 aliphatic rings. The maximum absolute atomic E-state index is 5.61. The molecule has 0 amide bonds. The summed E-state index contributed by atoms with van der Waals surface area (Å²) in [4.78, 5) is 0. The molecular formula is C13H25NO3. The predicted octanol–water partition coefficient (Wildman–Crippen LogP) is 1.34. The van der Waals surface area contributed by atoms with E-state index in [2.05, 4.69) is 12.2 Å². The molecule has 0 saturated heterocycles. The van der Waals surface area contributed by atoms with Crippen LogP contribution in [0, 0.1) is 0 Å². The van der Waals surface area contributed by atoms with E-state index >= 15 is 0 Å². The molecule has 3 unspecified atom stereocenters. The topological polar surface area (TPSA) is 39.7 Å². The molecule has 2 rings (SSSR count). The fourth-order valence-corrected chi connectivity index (χ4v) is 2.81. The molecule has 4 heteroatoms.